The maximum absolute atomic E-state index is 14.1. The van der Waals surface area contributed by atoms with Crippen molar-refractivity contribution in [3.63, 3.8) is 0 Å². The largest absolute Gasteiger partial charge is 0.468 e. The average molecular weight is 505 g/mol. The smallest absolute Gasteiger partial charge is 0.422 e. The van der Waals surface area contributed by atoms with E-state index in [9.17, 15) is 17.6 Å². The molecule has 0 saturated heterocycles. The van der Waals surface area contributed by atoms with Crippen LogP contribution in [0.25, 0.3) is 27.9 Å². The molecule has 0 atom stereocenters. The van der Waals surface area contributed by atoms with E-state index >= 15 is 0 Å². The fraction of sp³-hybridized carbons (Fsp3) is 0.143. The van der Waals surface area contributed by atoms with E-state index in [4.69, 9.17) is 11.6 Å². The molecule has 0 saturated carbocycles. The minimum atomic E-state index is -4.47. The van der Waals surface area contributed by atoms with Crippen LogP contribution in [-0.4, -0.2) is 54.4 Å². The van der Waals surface area contributed by atoms with Gasteiger partial charge in [0.2, 0.25) is 11.2 Å². The van der Waals surface area contributed by atoms with E-state index in [1.807, 2.05) is 0 Å². The molecule has 178 valence electrons. The van der Waals surface area contributed by atoms with Gasteiger partial charge in [-0.1, -0.05) is 0 Å². The Balaban J connectivity index is 1.51. The van der Waals surface area contributed by atoms with Crippen molar-refractivity contribution < 1.29 is 22.3 Å². The molecule has 0 spiro atoms. The number of hydrogen-bond acceptors (Lipinski definition) is 8. The number of halogens is 5. The topological polar surface area (TPSA) is 94.2 Å². The fourth-order valence-corrected chi connectivity index (χ4v) is 3.57. The number of rotatable bonds is 5. The van der Waals surface area contributed by atoms with Crippen molar-refractivity contribution in [2.45, 2.75) is 6.18 Å². The van der Waals surface area contributed by atoms with Crippen LogP contribution in [0, 0.1) is 5.82 Å². The first-order valence-corrected chi connectivity index (χ1v) is 10.3. The number of nitrogens with zero attached hydrogens (tertiary/aromatic N) is 8. The number of hydrogen-bond donors (Lipinski definition) is 0. The Hall–Kier alpha value is -4.13. The van der Waals surface area contributed by atoms with Crippen LogP contribution in [0.4, 0.5) is 29.2 Å². The third kappa shape index (κ3) is 4.49. The predicted molar refractivity (Wildman–Crippen MR) is 118 cm³/mol. The second kappa shape index (κ2) is 8.58. The normalized spacial score (nSPS) is 11.8. The monoisotopic (exact) mass is 504 g/mol. The second-order valence-corrected chi connectivity index (χ2v) is 7.65. The molecule has 4 heterocycles. The molecular weight excluding hydrogens is 492 g/mol. The fourth-order valence-electron chi connectivity index (χ4n) is 3.37. The van der Waals surface area contributed by atoms with Crippen molar-refractivity contribution >= 4 is 39.9 Å². The Bertz CT molecular complexity index is 1540. The van der Waals surface area contributed by atoms with Crippen molar-refractivity contribution in [1.82, 2.24) is 34.5 Å². The van der Waals surface area contributed by atoms with Crippen LogP contribution in [0.2, 0.25) is 5.28 Å². The third-order valence-corrected chi connectivity index (χ3v) is 5.20. The standard InChI is InChI=1S/C21H13ClF4N8O/c1-33(18-13-6-12(23)3-4-15(13)34-19(22)31-32-20(34)30-18)16-9-27-8-14(29-16)11-2-5-17(28-7-11)35-10-21(24,25)26/h2-9H,10H2,1H3. The molecule has 9 nitrogen and oxygen atoms in total. The zero-order chi connectivity index (χ0) is 24.7. The number of fused-ring (bicyclic) bond motifs is 3. The highest BCUT2D eigenvalue weighted by Gasteiger charge is 2.28. The number of pyridine rings is 1. The van der Waals surface area contributed by atoms with E-state index < -0.39 is 18.6 Å². The molecule has 35 heavy (non-hydrogen) atoms. The SMILES string of the molecule is CN(c1cncc(-c2ccc(OCC(F)(F)F)nc2)n1)c1nc2nnc(Cl)n2c2ccc(F)cc12. The molecule has 5 rings (SSSR count). The number of anilines is 2. The van der Waals surface area contributed by atoms with Gasteiger partial charge in [-0.15, -0.1) is 10.2 Å². The Morgan fingerprint density at radius 1 is 1.06 bits per heavy atom. The zero-order valence-corrected chi connectivity index (χ0v) is 18.5. The first kappa shape index (κ1) is 22.7. The summed E-state index contributed by atoms with van der Waals surface area (Å²) in [5, 5.41) is 8.29. The van der Waals surface area contributed by atoms with E-state index in [2.05, 4.69) is 34.9 Å². The highest BCUT2D eigenvalue weighted by atomic mass is 35.5. The van der Waals surface area contributed by atoms with Crippen LogP contribution < -0.4 is 9.64 Å². The number of aromatic nitrogens is 7. The minimum Gasteiger partial charge on any atom is -0.468 e. The van der Waals surface area contributed by atoms with Crippen LogP contribution >= 0.6 is 11.6 Å². The van der Waals surface area contributed by atoms with Gasteiger partial charge in [0.05, 0.1) is 23.6 Å². The van der Waals surface area contributed by atoms with Crippen molar-refractivity contribution in [3.8, 4) is 17.1 Å². The van der Waals surface area contributed by atoms with Gasteiger partial charge < -0.3 is 9.64 Å². The van der Waals surface area contributed by atoms with Crippen molar-refractivity contribution in [1.29, 1.82) is 0 Å². The first-order chi connectivity index (χ1) is 16.7. The molecule has 14 heteroatoms. The van der Waals surface area contributed by atoms with Gasteiger partial charge in [0.15, 0.2) is 12.4 Å². The average Bonchev–Trinajstić information content (AvgIpc) is 3.22. The lowest BCUT2D eigenvalue weighted by Gasteiger charge is -2.19. The summed E-state index contributed by atoms with van der Waals surface area (Å²) in [6.45, 7) is -1.44. The molecule has 0 fully saturated rings. The quantitative estimate of drug-likeness (QED) is 0.320. The number of benzene rings is 1. The van der Waals surface area contributed by atoms with Gasteiger partial charge in [-0.25, -0.2) is 18.8 Å². The van der Waals surface area contributed by atoms with Gasteiger partial charge in [0, 0.05) is 30.3 Å². The maximum Gasteiger partial charge on any atom is 0.422 e. The molecule has 0 unspecified atom stereocenters. The lowest BCUT2D eigenvalue weighted by Crippen LogP contribution is -2.19. The van der Waals surface area contributed by atoms with E-state index in [-0.39, 0.29) is 16.9 Å². The van der Waals surface area contributed by atoms with E-state index in [0.29, 0.717) is 33.8 Å². The van der Waals surface area contributed by atoms with Gasteiger partial charge in [0.1, 0.15) is 11.6 Å². The zero-order valence-electron chi connectivity index (χ0n) is 17.7. The predicted octanol–water partition coefficient (Wildman–Crippen LogP) is 4.63. The lowest BCUT2D eigenvalue weighted by atomic mass is 10.2. The molecule has 0 N–H and O–H groups in total. The van der Waals surface area contributed by atoms with Crippen LogP contribution in [0.3, 0.4) is 0 Å². The summed E-state index contributed by atoms with van der Waals surface area (Å²) < 4.78 is 57.2. The molecule has 1 aromatic carbocycles. The van der Waals surface area contributed by atoms with Crippen LogP contribution in [0.15, 0.2) is 48.9 Å². The summed E-state index contributed by atoms with van der Waals surface area (Å²) in [5.41, 5.74) is 1.43. The van der Waals surface area contributed by atoms with Crippen molar-refractivity contribution in [3.05, 3.63) is 60.0 Å². The summed E-state index contributed by atoms with van der Waals surface area (Å²) in [4.78, 5) is 18.7. The summed E-state index contributed by atoms with van der Waals surface area (Å²) >= 11 is 6.13. The van der Waals surface area contributed by atoms with Gasteiger partial charge >= 0.3 is 6.18 Å². The molecule has 0 amide bonds. The highest BCUT2D eigenvalue weighted by Crippen LogP contribution is 2.31. The summed E-state index contributed by atoms with van der Waals surface area (Å²) in [5.74, 6) is 0.240. The Labute approximate surface area is 199 Å². The molecule has 0 aliphatic carbocycles. The maximum atomic E-state index is 14.1. The van der Waals surface area contributed by atoms with Crippen molar-refractivity contribution in [2.24, 2.45) is 0 Å². The van der Waals surface area contributed by atoms with Gasteiger partial charge in [-0.3, -0.25) is 4.98 Å². The molecule has 0 bridgehead atoms. The van der Waals surface area contributed by atoms with Gasteiger partial charge in [-0.05, 0) is 35.9 Å². The van der Waals surface area contributed by atoms with E-state index in [0.717, 1.165) is 0 Å². The third-order valence-electron chi connectivity index (χ3n) is 4.95. The highest BCUT2D eigenvalue weighted by molar-refractivity contribution is 6.29. The van der Waals surface area contributed by atoms with Crippen LogP contribution in [0.5, 0.6) is 5.88 Å². The van der Waals surface area contributed by atoms with Gasteiger partial charge in [-0.2, -0.15) is 18.2 Å². The summed E-state index contributed by atoms with van der Waals surface area (Å²) in [7, 11) is 1.67. The summed E-state index contributed by atoms with van der Waals surface area (Å²) in [6, 6.07) is 6.96. The number of alkyl halides is 3. The second-order valence-electron chi connectivity index (χ2n) is 7.31. The van der Waals surface area contributed by atoms with Gasteiger partial charge in [0.25, 0.3) is 5.78 Å². The molecule has 0 aliphatic heterocycles. The first-order valence-electron chi connectivity index (χ1n) is 9.91. The van der Waals surface area contributed by atoms with E-state index in [1.165, 1.54) is 47.3 Å². The molecule has 0 aliphatic rings. The Morgan fingerprint density at radius 2 is 1.89 bits per heavy atom. The Kier molecular flexibility index (Phi) is 5.55. The van der Waals surface area contributed by atoms with Crippen LogP contribution in [-0.2, 0) is 0 Å². The van der Waals surface area contributed by atoms with E-state index in [1.54, 1.807) is 18.0 Å². The molecule has 5 aromatic rings. The van der Waals surface area contributed by atoms with Crippen molar-refractivity contribution in [2.75, 3.05) is 18.6 Å². The summed E-state index contributed by atoms with van der Waals surface area (Å²) in [6.07, 6.45) is -0.192. The number of ether oxygens (including phenoxy) is 1. The molecule has 0 radical (unpaired) electrons. The Morgan fingerprint density at radius 3 is 2.63 bits per heavy atom. The lowest BCUT2D eigenvalue weighted by molar-refractivity contribution is -0.154. The minimum absolute atomic E-state index is 0.0789. The molecule has 4 aromatic heterocycles. The molecular formula is C21H13ClF4N8O. The van der Waals surface area contributed by atoms with Crippen LogP contribution in [0.1, 0.15) is 0 Å².